The van der Waals surface area contributed by atoms with Gasteiger partial charge in [0.1, 0.15) is 12.0 Å². The number of nitrogens with one attached hydrogen (secondary N) is 2. The molecule has 2 N–H and O–H groups in total. The Kier molecular flexibility index (Phi) is 20.5. The summed E-state index contributed by atoms with van der Waals surface area (Å²) in [6.45, 7) is 12.5. The first-order chi connectivity index (χ1) is 11.9. The molecular weight excluding hydrogens is 360 g/mol. The summed E-state index contributed by atoms with van der Waals surface area (Å²) < 4.78 is 10.7. The largest absolute Gasteiger partial charge is 0.369 e. The number of hydrogen-bond acceptors (Lipinski definition) is 6. The van der Waals surface area contributed by atoms with Crippen LogP contribution in [-0.4, -0.2) is 49.5 Å². The Morgan fingerprint density at radius 2 is 1.84 bits per heavy atom. The summed E-state index contributed by atoms with van der Waals surface area (Å²) in [5, 5.41) is 5.35. The lowest BCUT2D eigenvalue weighted by Gasteiger charge is -2.12. The minimum Gasteiger partial charge on any atom is -0.369 e. The lowest BCUT2D eigenvalue weighted by atomic mass is 10.2. The molecule has 0 bridgehead atoms. The summed E-state index contributed by atoms with van der Waals surface area (Å²) in [5.41, 5.74) is -0.0162. The maximum absolute atomic E-state index is 11.4. The van der Waals surface area contributed by atoms with Crippen molar-refractivity contribution in [3.63, 3.8) is 0 Å². The molecule has 150 valence electrons. The third kappa shape index (κ3) is 23.1. The van der Waals surface area contributed by atoms with Gasteiger partial charge in [-0.25, -0.2) is 0 Å². The van der Waals surface area contributed by atoms with Crippen molar-refractivity contribution in [2.75, 3.05) is 32.2 Å². The Hall–Kier alpha value is -0.880. The topological polar surface area (TPSA) is 76.7 Å². The Labute approximate surface area is 163 Å². The highest BCUT2D eigenvalue weighted by molar-refractivity contribution is 8.76. The van der Waals surface area contributed by atoms with E-state index in [4.69, 9.17) is 9.47 Å². The van der Waals surface area contributed by atoms with E-state index in [1.165, 1.54) is 28.5 Å². The Morgan fingerprint density at radius 1 is 1.16 bits per heavy atom. The Balaban J connectivity index is -0.000000637. The van der Waals surface area contributed by atoms with Crippen LogP contribution in [0.3, 0.4) is 0 Å². The Morgan fingerprint density at radius 3 is 2.44 bits per heavy atom. The molecule has 25 heavy (non-hydrogen) atoms. The van der Waals surface area contributed by atoms with Crippen LogP contribution in [0, 0.1) is 17.8 Å². The molecule has 0 saturated carbocycles. The van der Waals surface area contributed by atoms with Gasteiger partial charge in [-0.3, -0.25) is 9.59 Å². The first-order valence-corrected chi connectivity index (χ1v) is 10.8. The van der Waals surface area contributed by atoms with Crippen LogP contribution in [0.1, 0.15) is 44.4 Å². The van der Waals surface area contributed by atoms with E-state index in [1.807, 2.05) is 34.6 Å². The molecule has 2 amide bonds. The van der Waals surface area contributed by atoms with Crippen LogP contribution >= 0.6 is 21.6 Å². The van der Waals surface area contributed by atoms with Gasteiger partial charge in [0.25, 0.3) is 0 Å². The van der Waals surface area contributed by atoms with Crippen LogP contribution in [0.2, 0.25) is 0 Å². The molecule has 0 aromatic heterocycles. The van der Waals surface area contributed by atoms with E-state index in [0.717, 1.165) is 0 Å². The molecule has 0 aromatic carbocycles. The van der Waals surface area contributed by atoms with E-state index in [1.54, 1.807) is 0 Å². The van der Waals surface area contributed by atoms with Crippen molar-refractivity contribution in [1.82, 2.24) is 10.6 Å². The van der Waals surface area contributed by atoms with Gasteiger partial charge in [0.2, 0.25) is 11.8 Å². The van der Waals surface area contributed by atoms with E-state index in [9.17, 15) is 9.59 Å². The van der Waals surface area contributed by atoms with E-state index in [-0.39, 0.29) is 26.7 Å². The van der Waals surface area contributed by atoms with Gasteiger partial charge in [-0.2, -0.15) is 0 Å². The standard InChI is InChI=1S/C15H26N2O4S2.C2H6.2H2/c1-12(2)6-5-7-16-15(19)10-20-8-9-21-14(4)23-22-11-17-13(3)18;1-2;;/h12,14H,7-11H2,1-4H3,(H,16,19)(H,17,18);1-2H3;2*1H. The van der Waals surface area contributed by atoms with Gasteiger partial charge in [0.05, 0.1) is 25.6 Å². The molecule has 0 heterocycles. The molecule has 0 radical (unpaired) electrons. The average Bonchev–Trinajstić information content (AvgIpc) is 2.57. The van der Waals surface area contributed by atoms with Crippen molar-refractivity contribution in [3.8, 4) is 11.8 Å². The molecule has 0 aliphatic carbocycles. The predicted molar refractivity (Wildman–Crippen MR) is 111 cm³/mol. The predicted octanol–water partition coefficient (Wildman–Crippen LogP) is 3.13. The van der Waals surface area contributed by atoms with Gasteiger partial charge >= 0.3 is 0 Å². The molecule has 0 rings (SSSR count). The lowest BCUT2D eigenvalue weighted by Crippen LogP contribution is -2.28. The molecule has 8 heteroatoms. The van der Waals surface area contributed by atoms with Gasteiger partial charge in [0.15, 0.2) is 0 Å². The van der Waals surface area contributed by atoms with Crippen LogP contribution < -0.4 is 10.6 Å². The lowest BCUT2D eigenvalue weighted by molar-refractivity contribution is -0.126. The van der Waals surface area contributed by atoms with Gasteiger partial charge < -0.3 is 20.1 Å². The SMILES string of the molecule is CC.CC(=O)NCSSC(C)OCCOCC(=O)NCC#CC(C)C.[HH].[HH]. The van der Waals surface area contributed by atoms with Crippen LogP contribution in [0.25, 0.3) is 0 Å². The molecule has 0 fully saturated rings. The summed E-state index contributed by atoms with van der Waals surface area (Å²) in [4.78, 5) is 22.1. The highest BCUT2D eigenvalue weighted by atomic mass is 33.1. The summed E-state index contributed by atoms with van der Waals surface area (Å²) in [6.07, 6.45) is 0. The first-order valence-electron chi connectivity index (χ1n) is 8.39. The van der Waals surface area contributed by atoms with Crippen LogP contribution in [0.5, 0.6) is 0 Å². The van der Waals surface area contributed by atoms with Gasteiger partial charge in [-0.1, -0.05) is 61.1 Å². The zero-order chi connectivity index (χ0) is 19.5. The quantitative estimate of drug-likeness (QED) is 0.242. The van der Waals surface area contributed by atoms with Gasteiger partial charge in [-0.15, -0.1) is 0 Å². The smallest absolute Gasteiger partial charge is 0.246 e. The molecule has 6 nitrogen and oxygen atoms in total. The second kappa shape index (κ2) is 19.4. The number of amides is 2. The average molecular weight is 397 g/mol. The highest BCUT2D eigenvalue weighted by Gasteiger charge is 2.04. The fourth-order valence-electron chi connectivity index (χ4n) is 1.18. The maximum Gasteiger partial charge on any atom is 0.246 e. The number of carbonyl (C=O) groups is 2. The number of rotatable bonds is 11. The minimum absolute atomic E-state index is 0. The van der Waals surface area contributed by atoms with Gasteiger partial charge in [0, 0.05) is 15.7 Å². The minimum atomic E-state index is -0.184. The van der Waals surface area contributed by atoms with E-state index in [2.05, 4.69) is 22.5 Å². The normalized spacial score (nSPS) is 10.8. The van der Waals surface area contributed by atoms with Crippen molar-refractivity contribution >= 4 is 33.4 Å². The summed E-state index contributed by atoms with van der Waals surface area (Å²) in [5.74, 6) is 6.45. The van der Waals surface area contributed by atoms with Crippen molar-refractivity contribution in [3.05, 3.63) is 0 Å². The first kappa shape index (κ1) is 26.4. The van der Waals surface area contributed by atoms with Crippen LogP contribution in [-0.2, 0) is 19.1 Å². The van der Waals surface area contributed by atoms with Crippen molar-refractivity contribution in [1.29, 1.82) is 0 Å². The zero-order valence-corrected chi connectivity index (χ0v) is 17.8. The molecule has 0 aliphatic heterocycles. The highest BCUT2D eigenvalue weighted by Crippen LogP contribution is 2.25. The van der Waals surface area contributed by atoms with Crippen molar-refractivity contribution < 1.29 is 21.9 Å². The molecule has 0 spiro atoms. The van der Waals surface area contributed by atoms with Crippen molar-refractivity contribution in [2.24, 2.45) is 5.92 Å². The number of carbonyl (C=O) groups excluding carboxylic acids is 2. The molecular formula is C17H36N2O4S2. The fraction of sp³-hybridized carbons (Fsp3) is 0.765. The molecule has 1 atom stereocenters. The van der Waals surface area contributed by atoms with E-state index < -0.39 is 0 Å². The Bertz CT molecular complexity index is 419. The number of ether oxygens (including phenoxy) is 2. The third-order valence-electron chi connectivity index (χ3n) is 2.16. The molecule has 0 aliphatic rings. The summed E-state index contributed by atoms with van der Waals surface area (Å²) >= 11 is 0. The second-order valence-corrected chi connectivity index (χ2v) is 7.50. The van der Waals surface area contributed by atoms with E-state index in [0.29, 0.717) is 31.6 Å². The molecule has 1 unspecified atom stereocenters. The number of hydrogen-bond donors (Lipinski definition) is 2. The molecule has 0 aromatic rings. The third-order valence-corrected chi connectivity index (χ3v) is 4.54. The van der Waals surface area contributed by atoms with Crippen molar-refractivity contribution in [2.45, 2.75) is 47.0 Å². The summed E-state index contributed by atoms with van der Waals surface area (Å²) in [6, 6.07) is 0. The molecule has 0 saturated heterocycles. The van der Waals surface area contributed by atoms with Gasteiger partial charge in [-0.05, 0) is 6.92 Å². The van der Waals surface area contributed by atoms with Crippen LogP contribution in [0.15, 0.2) is 0 Å². The monoisotopic (exact) mass is 396 g/mol. The van der Waals surface area contributed by atoms with Crippen LogP contribution in [0.4, 0.5) is 0 Å². The fourth-order valence-corrected chi connectivity index (χ4v) is 2.97. The summed E-state index contributed by atoms with van der Waals surface area (Å²) in [7, 11) is 3.04. The zero-order valence-electron chi connectivity index (χ0n) is 16.1. The van der Waals surface area contributed by atoms with E-state index >= 15 is 0 Å². The second-order valence-electron chi connectivity index (χ2n) is 4.83. The maximum atomic E-state index is 11.4.